The van der Waals surface area contributed by atoms with Gasteiger partial charge in [-0.25, -0.2) is 9.97 Å². The number of nitrogens with one attached hydrogen (secondary N) is 1. The monoisotopic (exact) mass is 476 g/mol. The Morgan fingerprint density at radius 3 is 2.68 bits per heavy atom. The number of anilines is 1. The van der Waals surface area contributed by atoms with Crippen molar-refractivity contribution in [1.82, 2.24) is 14.5 Å². The highest BCUT2D eigenvalue weighted by Crippen LogP contribution is 2.33. The largest absolute Gasteiger partial charge is 0.492 e. The predicted molar refractivity (Wildman–Crippen MR) is 113 cm³/mol. The number of imidazole rings is 1. The Labute approximate surface area is 186 Å². The molecule has 12 heteroatoms. The van der Waals surface area contributed by atoms with Crippen LogP contribution in [0.4, 0.5) is 18.2 Å². The minimum Gasteiger partial charge on any atom is -0.492 e. The van der Waals surface area contributed by atoms with Crippen LogP contribution in [0.5, 0.6) is 5.75 Å². The zero-order chi connectivity index (χ0) is 22.9. The van der Waals surface area contributed by atoms with E-state index >= 15 is 0 Å². The van der Waals surface area contributed by atoms with Crippen LogP contribution in [-0.2, 0) is 24.2 Å². The zero-order valence-corrected chi connectivity index (χ0v) is 18.8. The molecule has 0 bridgehead atoms. The molecule has 7 nitrogen and oxygen atoms in total. The molecule has 0 aliphatic carbocycles. The molecule has 1 aromatic carbocycles. The van der Waals surface area contributed by atoms with Crippen LogP contribution in [0.1, 0.15) is 25.1 Å². The molecule has 31 heavy (non-hydrogen) atoms. The van der Waals surface area contributed by atoms with Crippen molar-refractivity contribution in [1.29, 1.82) is 0 Å². The summed E-state index contributed by atoms with van der Waals surface area (Å²) < 4.78 is 46.3. The highest BCUT2D eigenvalue weighted by atomic mass is 32.2. The van der Waals surface area contributed by atoms with Crippen molar-refractivity contribution in [2.24, 2.45) is 0 Å². The van der Waals surface area contributed by atoms with E-state index in [1.54, 1.807) is 10.8 Å². The zero-order valence-electron chi connectivity index (χ0n) is 17.1. The Hall–Kier alpha value is -2.28. The van der Waals surface area contributed by atoms with Gasteiger partial charge in [-0.15, -0.1) is 0 Å². The molecule has 0 aliphatic heterocycles. The van der Waals surface area contributed by atoms with Crippen LogP contribution in [0.25, 0.3) is 0 Å². The van der Waals surface area contributed by atoms with E-state index in [0.29, 0.717) is 21.7 Å². The first-order chi connectivity index (χ1) is 14.9. The molecule has 0 aliphatic rings. The van der Waals surface area contributed by atoms with Gasteiger partial charge in [0.05, 0.1) is 43.9 Å². The summed E-state index contributed by atoms with van der Waals surface area (Å²) in [6, 6.07) is 4.70. The average molecular weight is 477 g/mol. The van der Waals surface area contributed by atoms with Crippen molar-refractivity contribution in [2.45, 2.75) is 42.7 Å². The van der Waals surface area contributed by atoms with E-state index in [-0.39, 0.29) is 19.0 Å². The van der Waals surface area contributed by atoms with Crippen LogP contribution in [0.2, 0.25) is 0 Å². The van der Waals surface area contributed by atoms with Crippen LogP contribution in [-0.4, -0.2) is 33.4 Å². The van der Waals surface area contributed by atoms with Gasteiger partial charge in [0, 0.05) is 0 Å². The normalized spacial score (nSPS) is 11.1. The van der Waals surface area contributed by atoms with E-state index in [9.17, 15) is 18.3 Å². The number of benzene rings is 1. The molecule has 0 saturated heterocycles. The second kappa shape index (κ2) is 11.9. The number of alkyl halides is 3. The van der Waals surface area contributed by atoms with Crippen LogP contribution >= 0.6 is 23.1 Å². The topological polar surface area (TPSA) is 81.4 Å². The number of aromatic nitrogens is 3. The number of thiazole rings is 1. The fourth-order valence-electron chi connectivity index (χ4n) is 2.39. The van der Waals surface area contributed by atoms with Crippen molar-refractivity contribution in [3.8, 4) is 5.75 Å². The number of ether oxygens (including phenoxy) is 1. The predicted octanol–water partition coefficient (Wildman–Crippen LogP) is 5.08. The first-order valence-electron chi connectivity index (χ1n) is 9.28. The van der Waals surface area contributed by atoms with Gasteiger partial charge in [0.15, 0.2) is 9.50 Å². The van der Waals surface area contributed by atoms with Crippen molar-refractivity contribution >= 4 is 28.1 Å². The standard InChI is InChI=1S/C17H17F3N4O3S2.C2H6/c1-26-23-14-9-22-16(28-14)29-15-21-8-12(10-25)24(15)5-6-27-13-4-2-3-11(7-13)17(18,19)20;1-2/h2-4,7-9,23,25H,5-6,10H2,1H3;1-2H3. The maximum Gasteiger partial charge on any atom is 0.416 e. The van der Waals surface area contributed by atoms with Gasteiger partial charge in [0.25, 0.3) is 0 Å². The first-order valence-corrected chi connectivity index (χ1v) is 10.9. The van der Waals surface area contributed by atoms with E-state index in [1.165, 1.54) is 48.5 Å². The molecule has 2 N–H and O–H groups in total. The fourth-order valence-corrected chi connectivity index (χ4v) is 4.26. The summed E-state index contributed by atoms with van der Waals surface area (Å²) in [5, 5.41) is 10.8. The van der Waals surface area contributed by atoms with Gasteiger partial charge >= 0.3 is 6.18 Å². The van der Waals surface area contributed by atoms with Gasteiger partial charge in [-0.1, -0.05) is 31.3 Å². The quantitative estimate of drug-likeness (QED) is 0.417. The average Bonchev–Trinajstić information content (AvgIpc) is 3.36. The Morgan fingerprint density at radius 1 is 1.23 bits per heavy atom. The summed E-state index contributed by atoms with van der Waals surface area (Å²) in [6.07, 6.45) is -1.27. The number of aliphatic hydroxyl groups excluding tert-OH is 1. The van der Waals surface area contributed by atoms with E-state index in [4.69, 9.17) is 9.57 Å². The molecule has 0 amide bonds. The Morgan fingerprint density at radius 2 is 2.00 bits per heavy atom. The number of halogens is 3. The van der Waals surface area contributed by atoms with Crippen LogP contribution in [0.15, 0.2) is 46.2 Å². The fraction of sp³-hybridized carbons (Fsp3) is 0.368. The summed E-state index contributed by atoms with van der Waals surface area (Å²) in [5.74, 6) is 0.120. The number of hydrogen-bond acceptors (Lipinski definition) is 8. The van der Waals surface area contributed by atoms with Gasteiger partial charge < -0.3 is 14.4 Å². The molecular weight excluding hydrogens is 453 g/mol. The first kappa shape index (κ1) is 25.0. The summed E-state index contributed by atoms with van der Waals surface area (Å²) in [4.78, 5) is 13.4. The summed E-state index contributed by atoms with van der Waals surface area (Å²) in [6.45, 7) is 4.17. The third kappa shape index (κ3) is 7.13. The van der Waals surface area contributed by atoms with E-state index in [1.807, 2.05) is 13.8 Å². The third-order valence-corrected chi connectivity index (χ3v) is 5.65. The second-order valence-corrected chi connectivity index (χ2v) is 7.86. The molecule has 0 spiro atoms. The second-order valence-electron chi connectivity index (χ2n) is 5.61. The molecule has 0 radical (unpaired) electrons. The highest BCUT2D eigenvalue weighted by molar-refractivity contribution is 8.01. The van der Waals surface area contributed by atoms with Gasteiger partial charge in [0.1, 0.15) is 17.4 Å². The molecule has 0 unspecified atom stereocenters. The van der Waals surface area contributed by atoms with Crippen molar-refractivity contribution in [3.63, 3.8) is 0 Å². The summed E-state index contributed by atoms with van der Waals surface area (Å²) in [5.41, 5.74) is 2.48. The Bertz CT molecular complexity index is 948. The lowest BCUT2D eigenvalue weighted by molar-refractivity contribution is -0.137. The maximum atomic E-state index is 12.8. The number of aliphatic hydroxyl groups is 1. The third-order valence-electron chi connectivity index (χ3n) is 3.67. The molecule has 3 aromatic rings. The van der Waals surface area contributed by atoms with E-state index in [2.05, 4.69) is 15.4 Å². The lowest BCUT2D eigenvalue weighted by Crippen LogP contribution is -2.12. The summed E-state index contributed by atoms with van der Waals surface area (Å²) >= 11 is 2.66. The van der Waals surface area contributed by atoms with E-state index < -0.39 is 11.7 Å². The van der Waals surface area contributed by atoms with Crippen molar-refractivity contribution in [2.75, 3.05) is 19.2 Å². The van der Waals surface area contributed by atoms with Crippen molar-refractivity contribution in [3.05, 3.63) is 47.9 Å². The van der Waals surface area contributed by atoms with Gasteiger partial charge in [0.2, 0.25) is 0 Å². The molecule has 2 aromatic heterocycles. The molecule has 0 atom stereocenters. The minimum atomic E-state index is -4.43. The smallest absolute Gasteiger partial charge is 0.416 e. The molecular formula is C19H23F3N4O3S2. The van der Waals surface area contributed by atoms with Crippen molar-refractivity contribution < 1.29 is 27.9 Å². The molecule has 0 saturated carbocycles. The summed E-state index contributed by atoms with van der Waals surface area (Å²) in [7, 11) is 1.50. The van der Waals surface area contributed by atoms with Gasteiger partial charge in [-0.05, 0) is 30.0 Å². The van der Waals surface area contributed by atoms with Gasteiger partial charge in [-0.3, -0.25) is 10.3 Å². The maximum absolute atomic E-state index is 12.8. The van der Waals surface area contributed by atoms with Crippen LogP contribution < -0.4 is 10.2 Å². The Kier molecular flexibility index (Phi) is 9.62. The molecule has 3 rings (SSSR count). The molecule has 170 valence electrons. The van der Waals surface area contributed by atoms with E-state index in [0.717, 1.165) is 17.1 Å². The molecule has 0 fully saturated rings. The number of hydrogen-bond donors (Lipinski definition) is 2. The molecule has 2 heterocycles. The van der Waals surface area contributed by atoms with Crippen LogP contribution in [0.3, 0.4) is 0 Å². The lowest BCUT2D eigenvalue weighted by atomic mass is 10.2. The van der Waals surface area contributed by atoms with Crippen LogP contribution in [0, 0.1) is 0 Å². The van der Waals surface area contributed by atoms with Gasteiger partial charge in [-0.2, -0.15) is 13.2 Å². The minimum absolute atomic E-state index is 0.104. The Balaban J connectivity index is 0.00000166. The number of rotatable bonds is 9. The highest BCUT2D eigenvalue weighted by Gasteiger charge is 2.30. The SMILES string of the molecule is CC.CONc1cnc(Sc2ncc(CO)n2CCOc2cccc(C(F)(F)F)c2)s1. The lowest BCUT2D eigenvalue weighted by Gasteiger charge is -2.12. The number of nitrogens with zero attached hydrogens (tertiary/aromatic N) is 3.